The van der Waals surface area contributed by atoms with E-state index >= 15 is 0 Å². The van der Waals surface area contributed by atoms with Crippen LogP contribution in [0.2, 0.25) is 0 Å². The summed E-state index contributed by atoms with van der Waals surface area (Å²) in [6.07, 6.45) is 4.21. The first kappa shape index (κ1) is 22.4. The molecule has 8 heteroatoms. The molecule has 0 radical (unpaired) electrons. The lowest BCUT2D eigenvalue weighted by molar-refractivity contribution is 0.0601. The SMILES string of the molecule is CCCCN(CCCC)C(=S)Nc1sc(C(=O)OC)c(C)c1C(=O)OC. The zero-order valence-electron chi connectivity index (χ0n) is 16.1. The lowest BCUT2D eigenvalue weighted by Crippen LogP contribution is -2.36. The van der Waals surface area contributed by atoms with Gasteiger partial charge < -0.3 is 19.7 Å². The number of ether oxygens (including phenoxy) is 2. The van der Waals surface area contributed by atoms with Crippen molar-refractivity contribution in [3.8, 4) is 0 Å². The van der Waals surface area contributed by atoms with Crippen LogP contribution < -0.4 is 5.32 Å². The number of thiophene rings is 1. The molecule has 0 amide bonds. The molecule has 0 atom stereocenters. The van der Waals surface area contributed by atoms with Crippen LogP contribution in [0.5, 0.6) is 0 Å². The number of anilines is 1. The van der Waals surface area contributed by atoms with E-state index in [2.05, 4.69) is 24.1 Å². The van der Waals surface area contributed by atoms with Crippen LogP contribution in [0.15, 0.2) is 0 Å². The lowest BCUT2D eigenvalue weighted by Gasteiger charge is -2.25. The predicted molar refractivity (Wildman–Crippen MR) is 109 cm³/mol. The standard InChI is InChI=1S/C18H28N2O4S2/c1-6-8-10-20(11-9-7-2)18(25)19-15-13(16(21)23-4)12(3)14(26-15)17(22)24-5/h6-11H2,1-5H3,(H,19,25). The summed E-state index contributed by atoms with van der Waals surface area (Å²) >= 11 is 6.72. The Morgan fingerprint density at radius 2 is 1.62 bits per heavy atom. The molecule has 0 saturated carbocycles. The largest absolute Gasteiger partial charge is 0.465 e. The molecule has 0 fully saturated rings. The molecule has 26 heavy (non-hydrogen) atoms. The Labute approximate surface area is 164 Å². The highest BCUT2D eigenvalue weighted by atomic mass is 32.1. The second-order valence-electron chi connectivity index (χ2n) is 5.87. The number of rotatable bonds is 9. The number of nitrogens with one attached hydrogen (secondary N) is 1. The van der Waals surface area contributed by atoms with Gasteiger partial charge in [0, 0.05) is 13.1 Å². The Hall–Kier alpha value is -1.67. The molecule has 1 heterocycles. The van der Waals surface area contributed by atoms with Crippen molar-refractivity contribution in [3.63, 3.8) is 0 Å². The summed E-state index contributed by atoms with van der Waals surface area (Å²) in [6, 6.07) is 0. The molecule has 0 bridgehead atoms. The fourth-order valence-corrected chi connectivity index (χ4v) is 3.89. The summed E-state index contributed by atoms with van der Waals surface area (Å²) in [4.78, 5) is 26.7. The van der Waals surface area contributed by atoms with Crippen molar-refractivity contribution < 1.29 is 19.1 Å². The summed E-state index contributed by atoms with van der Waals surface area (Å²) < 4.78 is 9.68. The van der Waals surface area contributed by atoms with Crippen molar-refractivity contribution >= 4 is 45.6 Å². The van der Waals surface area contributed by atoms with E-state index in [1.807, 2.05) is 0 Å². The minimum Gasteiger partial charge on any atom is -0.465 e. The quantitative estimate of drug-likeness (QED) is 0.491. The zero-order chi connectivity index (χ0) is 19.7. The van der Waals surface area contributed by atoms with Crippen LogP contribution in [0.4, 0.5) is 5.00 Å². The molecule has 0 spiro atoms. The molecule has 0 unspecified atom stereocenters. The fraction of sp³-hybridized carbons (Fsp3) is 0.611. The van der Waals surface area contributed by atoms with E-state index in [1.165, 1.54) is 14.2 Å². The molecule has 1 aromatic heterocycles. The Bertz CT molecular complexity index is 635. The molecule has 6 nitrogen and oxygen atoms in total. The number of carbonyl (C=O) groups is 2. The molecule has 1 N–H and O–H groups in total. The average Bonchev–Trinajstić information content (AvgIpc) is 2.96. The maximum atomic E-state index is 12.2. The van der Waals surface area contributed by atoms with Gasteiger partial charge in [-0.3, -0.25) is 0 Å². The number of esters is 2. The summed E-state index contributed by atoms with van der Waals surface area (Å²) in [7, 11) is 2.63. The highest BCUT2D eigenvalue weighted by molar-refractivity contribution is 7.80. The van der Waals surface area contributed by atoms with Gasteiger partial charge in [-0.15, -0.1) is 11.3 Å². The third-order valence-corrected chi connectivity index (χ3v) is 5.53. The fourth-order valence-electron chi connectivity index (χ4n) is 2.43. The highest BCUT2D eigenvalue weighted by Crippen LogP contribution is 2.34. The van der Waals surface area contributed by atoms with Crippen molar-refractivity contribution in [2.45, 2.75) is 46.5 Å². The van der Waals surface area contributed by atoms with Crippen LogP contribution in [0.25, 0.3) is 0 Å². The van der Waals surface area contributed by atoms with Crippen molar-refractivity contribution in [1.29, 1.82) is 0 Å². The zero-order valence-corrected chi connectivity index (χ0v) is 17.8. The van der Waals surface area contributed by atoms with Crippen molar-refractivity contribution in [1.82, 2.24) is 4.90 Å². The summed E-state index contributed by atoms with van der Waals surface area (Å²) in [5.74, 6) is -0.988. The molecule has 0 aromatic carbocycles. The van der Waals surface area contributed by atoms with Gasteiger partial charge in [0.25, 0.3) is 0 Å². The minimum absolute atomic E-state index is 0.325. The maximum Gasteiger partial charge on any atom is 0.348 e. The third kappa shape index (κ3) is 5.67. The molecule has 0 saturated heterocycles. The molecule has 1 rings (SSSR count). The summed E-state index contributed by atoms with van der Waals surface area (Å²) in [5.41, 5.74) is 0.860. The van der Waals surface area contributed by atoms with Crippen LogP contribution >= 0.6 is 23.6 Å². The minimum atomic E-state index is -0.507. The van der Waals surface area contributed by atoms with Gasteiger partial charge in [0.15, 0.2) is 5.11 Å². The Kier molecular flexibility index (Phi) is 9.58. The number of methoxy groups -OCH3 is 2. The van der Waals surface area contributed by atoms with Gasteiger partial charge in [-0.1, -0.05) is 26.7 Å². The first-order chi connectivity index (χ1) is 12.4. The number of thiocarbonyl (C=S) groups is 1. The molecule has 146 valence electrons. The van der Waals surface area contributed by atoms with E-state index in [0.717, 1.165) is 50.1 Å². The van der Waals surface area contributed by atoms with Gasteiger partial charge in [-0.2, -0.15) is 0 Å². The smallest absolute Gasteiger partial charge is 0.348 e. The van der Waals surface area contributed by atoms with E-state index in [9.17, 15) is 9.59 Å². The van der Waals surface area contributed by atoms with Crippen molar-refractivity contribution in [2.24, 2.45) is 0 Å². The van der Waals surface area contributed by atoms with E-state index in [0.29, 0.717) is 26.1 Å². The van der Waals surface area contributed by atoms with Gasteiger partial charge in [-0.25, -0.2) is 9.59 Å². The number of hydrogen-bond acceptors (Lipinski definition) is 6. The number of hydrogen-bond donors (Lipinski definition) is 1. The maximum absolute atomic E-state index is 12.2. The van der Waals surface area contributed by atoms with Crippen molar-refractivity contribution in [3.05, 3.63) is 16.0 Å². The number of carbonyl (C=O) groups excluding carboxylic acids is 2. The Morgan fingerprint density at radius 1 is 1.08 bits per heavy atom. The van der Waals surface area contributed by atoms with Gasteiger partial charge in [0.1, 0.15) is 9.88 Å². The van der Waals surface area contributed by atoms with E-state index in [-0.39, 0.29) is 0 Å². The Balaban J connectivity index is 3.13. The van der Waals surface area contributed by atoms with E-state index in [1.54, 1.807) is 6.92 Å². The first-order valence-corrected chi connectivity index (χ1v) is 9.99. The second-order valence-corrected chi connectivity index (χ2v) is 7.28. The van der Waals surface area contributed by atoms with E-state index < -0.39 is 11.9 Å². The van der Waals surface area contributed by atoms with Crippen LogP contribution in [-0.4, -0.2) is 49.3 Å². The van der Waals surface area contributed by atoms with Gasteiger partial charge in [0.2, 0.25) is 0 Å². The summed E-state index contributed by atoms with van der Waals surface area (Å²) in [6.45, 7) is 7.67. The number of unbranched alkanes of at least 4 members (excludes halogenated alkanes) is 2. The number of nitrogens with zero attached hydrogens (tertiary/aromatic N) is 1. The van der Waals surface area contributed by atoms with Crippen LogP contribution in [0, 0.1) is 6.92 Å². The van der Waals surface area contributed by atoms with Crippen LogP contribution in [0.3, 0.4) is 0 Å². The Morgan fingerprint density at radius 3 is 2.08 bits per heavy atom. The third-order valence-electron chi connectivity index (χ3n) is 3.98. The average molecular weight is 401 g/mol. The lowest BCUT2D eigenvalue weighted by atomic mass is 10.1. The predicted octanol–water partition coefficient (Wildman–Crippen LogP) is 4.23. The molecular weight excluding hydrogens is 372 g/mol. The molecule has 0 aliphatic heterocycles. The summed E-state index contributed by atoms with van der Waals surface area (Å²) in [5, 5.41) is 4.21. The molecule has 0 aliphatic carbocycles. The second kappa shape index (κ2) is 11.1. The normalized spacial score (nSPS) is 10.3. The molecule has 0 aliphatic rings. The van der Waals surface area contributed by atoms with Gasteiger partial charge in [-0.05, 0) is 37.5 Å². The topological polar surface area (TPSA) is 67.9 Å². The van der Waals surface area contributed by atoms with Gasteiger partial charge >= 0.3 is 11.9 Å². The van der Waals surface area contributed by atoms with E-state index in [4.69, 9.17) is 21.7 Å². The molecule has 1 aromatic rings. The molecular formula is C18H28N2O4S2. The van der Waals surface area contributed by atoms with Gasteiger partial charge in [0.05, 0.1) is 19.8 Å². The monoisotopic (exact) mass is 400 g/mol. The van der Waals surface area contributed by atoms with Crippen LogP contribution in [-0.2, 0) is 9.47 Å². The highest BCUT2D eigenvalue weighted by Gasteiger charge is 2.26. The van der Waals surface area contributed by atoms with Crippen LogP contribution in [0.1, 0.15) is 65.1 Å². The first-order valence-electron chi connectivity index (χ1n) is 8.77. The van der Waals surface area contributed by atoms with Crippen molar-refractivity contribution in [2.75, 3.05) is 32.6 Å².